The molecule has 7 heterocycles. The molecule has 2 N–H and O–H groups in total. The highest BCUT2D eigenvalue weighted by atomic mass is 32.1. The molecule has 392 valence electrons. The number of esters is 1. The number of urea groups is 1. The molecule has 18 nitrogen and oxygen atoms in total. The van der Waals surface area contributed by atoms with Gasteiger partial charge in [0, 0.05) is 79.2 Å². The van der Waals surface area contributed by atoms with Crippen LogP contribution in [-0.2, 0) is 59.4 Å². The van der Waals surface area contributed by atoms with Crippen molar-refractivity contribution in [3.8, 4) is 34.4 Å². The second-order valence-electron chi connectivity index (χ2n) is 21.6. The van der Waals surface area contributed by atoms with Gasteiger partial charge in [-0.15, -0.1) is 11.3 Å². The summed E-state index contributed by atoms with van der Waals surface area (Å²) in [7, 11) is 7.05. The number of likely N-dealkylation sites (N-methyl/N-ethyl adjacent to an activating group) is 1. The maximum absolute atomic E-state index is 14.8. The molecule has 19 heteroatoms. The van der Waals surface area contributed by atoms with E-state index in [0.717, 1.165) is 44.7 Å². The summed E-state index contributed by atoms with van der Waals surface area (Å²) in [6.07, 6.45) is 3.96. The quantitative estimate of drug-likeness (QED) is 0.163. The molecule has 6 bridgehead atoms. The first kappa shape index (κ1) is 53.4. The van der Waals surface area contributed by atoms with Gasteiger partial charge < -0.3 is 33.9 Å². The lowest BCUT2D eigenvalue weighted by Crippen LogP contribution is -2.76. The fourth-order valence-electron chi connectivity index (χ4n) is 10.3. The van der Waals surface area contributed by atoms with E-state index in [2.05, 4.69) is 72.2 Å². The monoisotopic (exact) mass is 1020 g/mol. The van der Waals surface area contributed by atoms with E-state index in [-0.39, 0.29) is 37.9 Å². The molecular formula is C54H72N10O8S. The van der Waals surface area contributed by atoms with Gasteiger partial charge in [0.1, 0.15) is 18.1 Å². The van der Waals surface area contributed by atoms with Gasteiger partial charge in [-0.1, -0.05) is 39.7 Å². The van der Waals surface area contributed by atoms with Crippen molar-refractivity contribution in [1.29, 1.82) is 0 Å². The predicted octanol–water partition coefficient (Wildman–Crippen LogP) is 5.32. The normalized spacial score (nSPS) is 20.5. The zero-order valence-electron chi connectivity index (χ0n) is 44.3. The van der Waals surface area contributed by atoms with Gasteiger partial charge in [0.05, 0.1) is 60.5 Å². The van der Waals surface area contributed by atoms with Crippen molar-refractivity contribution in [3.63, 3.8) is 0 Å². The second-order valence-corrected chi connectivity index (χ2v) is 22.6. The van der Waals surface area contributed by atoms with Gasteiger partial charge in [0.25, 0.3) is 11.8 Å². The zero-order valence-corrected chi connectivity index (χ0v) is 45.1. The number of amides is 5. The average Bonchev–Trinajstić information content (AvgIpc) is 3.94. The molecule has 3 fully saturated rings. The van der Waals surface area contributed by atoms with Gasteiger partial charge in [-0.25, -0.2) is 15.2 Å². The molecule has 4 aliphatic heterocycles. The Hall–Kier alpha value is -5.91. The SMILES string of the molecule is CCn1c(-c2cccnc2COC)c2c3cc(ccc31)-c1csc(n1)C[C@H](NC(=O)C(C(C)C)N(C)C(=O)N1CCCOC13CN(C(=O)C#CC(C)(C)N(C)C)C3)C(=O)N1CCC[C@H](N1)C(=O)OCC(C)(C)C2. The Labute approximate surface area is 433 Å². The number of nitrogens with zero attached hydrogens (tertiary/aromatic N) is 8. The van der Waals surface area contributed by atoms with E-state index in [1.54, 1.807) is 30.2 Å². The lowest BCUT2D eigenvalue weighted by Gasteiger charge is -2.57. The minimum absolute atomic E-state index is 0.0495. The summed E-state index contributed by atoms with van der Waals surface area (Å²) in [5.41, 5.74) is 7.63. The third-order valence-corrected chi connectivity index (χ3v) is 15.6. The highest BCUT2D eigenvalue weighted by Gasteiger charge is 2.55. The van der Waals surface area contributed by atoms with Gasteiger partial charge >= 0.3 is 12.0 Å². The summed E-state index contributed by atoms with van der Waals surface area (Å²) in [6, 6.07) is 7.01. The number of aryl methyl sites for hydroxylation is 1. The number of methoxy groups -OCH3 is 1. The molecule has 3 aromatic heterocycles. The lowest BCUT2D eigenvalue weighted by atomic mass is 9.84. The first-order valence-electron chi connectivity index (χ1n) is 25.4. The van der Waals surface area contributed by atoms with Crippen molar-refractivity contribution in [2.24, 2.45) is 11.3 Å². The molecule has 1 aromatic carbocycles. The summed E-state index contributed by atoms with van der Waals surface area (Å²) < 4.78 is 20.3. The maximum atomic E-state index is 14.8. The van der Waals surface area contributed by atoms with Crippen LogP contribution in [0.25, 0.3) is 33.4 Å². The van der Waals surface area contributed by atoms with Crippen LogP contribution in [0, 0.1) is 23.2 Å². The minimum atomic E-state index is -1.12. The van der Waals surface area contributed by atoms with Crippen molar-refractivity contribution in [3.05, 3.63) is 58.2 Å². The Kier molecular flexibility index (Phi) is 15.7. The van der Waals surface area contributed by atoms with E-state index in [0.29, 0.717) is 63.5 Å². The molecule has 1 unspecified atom stereocenters. The summed E-state index contributed by atoms with van der Waals surface area (Å²) >= 11 is 1.40. The largest absolute Gasteiger partial charge is 0.464 e. The number of hydrogen-bond donors (Lipinski definition) is 2. The van der Waals surface area contributed by atoms with Gasteiger partial charge in [-0.2, -0.15) is 0 Å². The molecule has 3 atom stereocenters. The molecule has 73 heavy (non-hydrogen) atoms. The Morgan fingerprint density at radius 2 is 1.86 bits per heavy atom. The molecule has 0 radical (unpaired) electrons. The van der Waals surface area contributed by atoms with Gasteiger partial charge in [-0.05, 0) is 102 Å². The van der Waals surface area contributed by atoms with Crippen LogP contribution >= 0.6 is 11.3 Å². The summed E-state index contributed by atoms with van der Waals surface area (Å²) in [4.78, 5) is 87.8. The van der Waals surface area contributed by atoms with Crippen molar-refractivity contribution in [1.82, 2.24) is 49.9 Å². The van der Waals surface area contributed by atoms with Crippen molar-refractivity contribution in [2.75, 3.05) is 67.6 Å². The van der Waals surface area contributed by atoms with E-state index in [9.17, 15) is 24.0 Å². The number of pyridine rings is 1. The smallest absolute Gasteiger partial charge is 0.324 e. The lowest BCUT2D eigenvalue weighted by molar-refractivity contribution is -0.233. The van der Waals surface area contributed by atoms with Crippen LogP contribution in [0.1, 0.15) is 84.0 Å². The van der Waals surface area contributed by atoms with Crippen LogP contribution in [-0.4, -0.2) is 166 Å². The van der Waals surface area contributed by atoms with Gasteiger partial charge in [0.2, 0.25) is 5.91 Å². The zero-order chi connectivity index (χ0) is 52.6. The number of hydrazine groups is 1. The van der Waals surface area contributed by atoms with E-state index in [1.807, 2.05) is 58.1 Å². The number of fused-ring (bicyclic) bond motifs is 6. The fourth-order valence-corrected chi connectivity index (χ4v) is 11.1. The number of nitrogens with one attached hydrogen (secondary N) is 2. The van der Waals surface area contributed by atoms with E-state index >= 15 is 0 Å². The van der Waals surface area contributed by atoms with Crippen LogP contribution in [0.4, 0.5) is 4.79 Å². The topological polar surface area (TPSA) is 184 Å². The number of carbonyl (C=O) groups is 5. The Morgan fingerprint density at radius 3 is 2.58 bits per heavy atom. The number of cyclic esters (lactones) is 1. The Balaban J connectivity index is 1.10. The number of rotatable bonds is 9. The molecular weight excluding hydrogens is 949 g/mol. The second kappa shape index (κ2) is 21.5. The van der Waals surface area contributed by atoms with E-state index in [1.165, 1.54) is 21.2 Å². The predicted molar refractivity (Wildman–Crippen MR) is 279 cm³/mol. The third kappa shape index (κ3) is 11.0. The van der Waals surface area contributed by atoms with E-state index < -0.39 is 58.6 Å². The maximum Gasteiger partial charge on any atom is 0.324 e. The van der Waals surface area contributed by atoms with Crippen LogP contribution in [0.3, 0.4) is 0 Å². The summed E-state index contributed by atoms with van der Waals surface area (Å²) in [5, 5.41) is 8.10. The third-order valence-electron chi connectivity index (χ3n) is 14.7. The molecule has 4 aromatic rings. The van der Waals surface area contributed by atoms with Gasteiger partial charge in [-0.3, -0.25) is 39.0 Å². The molecule has 8 rings (SSSR count). The number of hydrogen-bond acceptors (Lipinski definition) is 13. The number of benzene rings is 1. The van der Waals surface area contributed by atoms with Crippen molar-refractivity contribution in [2.45, 2.75) is 123 Å². The first-order chi connectivity index (χ1) is 34.7. The molecule has 5 amide bonds. The van der Waals surface area contributed by atoms with Crippen LogP contribution in [0.5, 0.6) is 0 Å². The highest BCUT2D eigenvalue weighted by Crippen LogP contribution is 2.41. The standard InChI is InChI=1S/C54H72N10O8S/c1-12-62-43-19-18-35-26-37(43)38(47(62)36-16-13-22-55-41(36)29-70-11)28-52(4,5)33-71-50(68)39-17-14-24-64(58-39)49(67)40(27-44-56-42(35)30-73-44)57-48(66)46(34(2)3)60(10)51(69)63-23-15-25-72-54(63)31-61(32-54)45(65)20-21-53(6,7)59(8)9/h13,16,18-19,22,26,30,34,39-40,46,58H,12,14-15,17,23-25,27-29,31-33H2,1-11H3,(H,57,66)/t39-,40-,46?/m0/s1. The van der Waals surface area contributed by atoms with Crippen molar-refractivity contribution < 1.29 is 38.2 Å². The first-order valence-corrected chi connectivity index (χ1v) is 26.3. The summed E-state index contributed by atoms with van der Waals surface area (Å²) in [5.74, 6) is 3.65. The number of carbonyl (C=O) groups excluding carboxylic acids is 5. The molecule has 4 aliphatic rings. The van der Waals surface area contributed by atoms with Gasteiger partial charge in [0.15, 0.2) is 5.72 Å². The average molecular weight is 1020 g/mol. The van der Waals surface area contributed by atoms with Crippen molar-refractivity contribution >= 4 is 52.0 Å². The summed E-state index contributed by atoms with van der Waals surface area (Å²) in [6.45, 7) is 16.4. The van der Waals surface area contributed by atoms with Crippen LogP contribution in [0.15, 0.2) is 41.9 Å². The minimum Gasteiger partial charge on any atom is -0.464 e. The highest BCUT2D eigenvalue weighted by molar-refractivity contribution is 7.10. The fraction of sp³-hybridized carbons (Fsp3) is 0.574. The molecule has 0 saturated carbocycles. The number of likely N-dealkylation sites (tertiary alicyclic amines) is 1. The van der Waals surface area contributed by atoms with Crippen LogP contribution in [0.2, 0.25) is 0 Å². The molecule has 3 saturated heterocycles. The van der Waals surface area contributed by atoms with E-state index in [4.69, 9.17) is 24.2 Å². The number of ether oxygens (including phenoxy) is 3. The number of aromatic nitrogens is 3. The molecule has 0 aliphatic carbocycles. The number of thiazole rings is 1. The molecule has 1 spiro atoms. The Bertz CT molecular complexity index is 2800. The van der Waals surface area contributed by atoms with Crippen LogP contribution < -0.4 is 10.7 Å². The Morgan fingerprint density at radius 1 is 1.10 bits per heavy atom.